The van der Waals surface area contributed by atoms with Crippen LogP contribution >= 0.6 is 15.0 Å². The molecule has 24 heteroatoms. The van der Waals surface area contributed by atoms with E-state index in [4.69, 9.17) is 52.3 Å². The molecule has 0 radical (unpaired) electrons. The minimum absolute atomic E-state index is 0.00915. The molecule has 9 atom stereocenters. The lowest BCUT2D eigenvalue weighted by Crippen LogP contribution is -2.65. The van der Waals surface area contributed by atoms with Crippen molar-refractivity contribution in [3.05, 3.63) is 47.3 Å². The zero-order valence-corrected chi connectivity index (χ0v) is 39.6. The minimum atomic E-state index is -3.93. The van der Waals surface area contributed by atoms with Gasteiger partial charge in [0.15, 0.2) is 17.7 Å². The Kier molecular flexibility index (Phi) is 15.4. The summed E-state index contributed by atoms with van der Waals surface area (Å²) in [5.74, 6) is -1.03. The zero-order valence-electron chi connectivity index (χ0n) is 34.9. The number of halogens is 1. The number of nitriles is 1. The SMILES string of the molecule is CC(C)[Si]1(C(C)C)OC[C@H]2O[C@@H](n3cc(F)c4c(=O)[nH]cnc43)[C@H](O[P@@](=S)(OCCC#N)OC[C@H]3C[C@@H](Oc4ccncn4)C[C@@H]3O[PH](=O)O)[C@@H]2O[Si](C(C)C)(C(C)C)O1. The van der Waals surface area contributed by atoms with Crippen LogP contribution in [0.5, 0.6) is 5.88 Å². The first-order valence-corrected chi connectivity index (χ1v) is 27.9. The van der Waals surface area contributed by atoms with Crippen LogP contribution in [0.2, 0.25) is 22.2 Å². The van der Waals surface area contributed by atoms with Crippen molar-refractivity contribution >= 4 is 54.9 Å². The highest BCUT2D eigenvalue weighted by Gasteiger charge is 2.63. The Labute approximate surface area is 356 Å². The fraction of sp³-hybridized carbons (Fsp3) is 0.694. The Morgan fingerprint density at radius 2 is 1.83 bits per heavy atom. The van der Waals surface area contributed by atoms with E-state index in [1.165, 1.54) is 23.4 Å². The smallest absolute Gasteiger partial charge is 0.335 e. The number of fused-ring (bicyclic) bond motifs is 2. The van der Waals surface area contributed by atoms with E-state index >= 15 is 4.39 Å². The van der Waals surface area contributed by atoms with E-state index in [1.807, 2.05) is 6.07 Å². The van der Waals surface area contributed by atoms with Crippen molar-refractivity contribution in [3.63, 3.8) is 0 Å². The van der Waals surface area contributed by atoms with E-state index in [0.29, 0.717) is 12.3 Å². The lowest BCUT2D eigenvalue weighted by Gasteiger charge is -2.51. The summed E-state index contributed by atoms with van der Waals surface area (Å²) < 4.78 is 88.6. The molecular weight excluding hydrogens is 878 g/mol. The summed E-state index contributed by atoms with van der Waals surface area (Å²) in [5, 5.41) is 9.19. The Morgan fingerprint density at radius 1 is 1.12 bits per heavy atom. The largest absolute Gasteiger partial charge is 0.474 e. The van der Waals surface area contributed by atoms with E-state index in [0.717, 1.165) is 6.20 Å². The summed E-state index contributed by atoms with van der Waals surface area (Å²) in [6.45, 7) is 12.5. The fourth-order valence-electron chi connectivity index (χ4n) is 8.44. The van der Waals surface area contributed by atoms with E-state index in [1.54, 1.807) is 6.07 Å². The Balaban J connectivity index is 1.41. The van der Waals surface area contributed by atoms with Gasteiger partial charge in [-0.3, -0.25) is 13.9 Å². The van der Waals surface area contributed by atoms with Crippen molar-refractivity contribution in [1.29, 1.82) is 5.26 Å². The molecule has 2 aliphatic heterocycles. The predicted octanol–water partition coefficient (Wildman–Crippen LogP) is 6.69. The highest BCUT2D eigenvalue weighted by atomic mass is 32.5. The number of nitrogens with zero attached hydrogens (tertiary/aromatic N) is 5. The molecule has 1 saturated carbocycles. The quantitative estimate of drug-likeness (QED) is 0.0818. The van der Waals surface area contributed by atoms with E-state index in [2.05, 4.69) is 75.3 Å². The molecule has 2 N–H and O–H groups in total. The number of aromatic amines is 1. The maximum Gasteiger partial charge on any atom is 0.335 e. The van der Waals surface area contributed by atoms with Gasteiger partial charge < -0.3 is 50.5 Å². The summed E-state index contributed by atoms with van der Waals surface area (Å²) >= 11 is 6.12. The highest BCUT2D eigenvalue weighted by Crippen LogP contribution is 2.57. The monoisotopic (exact) mass is 932 g/mol. The van der Waals surface area contributed by atoms with Crippen LogP contribution in [-0.4, -0.2) is 96.9 Å². The standard InChI is InChI=1S/C36H55FN6O12P2SSi2/c1-21(2)59(22(3)4)49-18-29-32(54-60(55-59,23(5)6)24(7)8)33(36(51-29)43-16-27(37)31-34(43)41-20-42-35(31)44)53-57(58,47-13-9-11-38)48-17-25-14-26(15-28(25)52-56(45)46)50-30-10-12-39-19-40-30/h10,12,16,19-26,28-29,32-33,36,56H,9,13-15,17-18H2,1-8H3,(H,45,46)(H,41,42,44)/t25-,26-,28+,29-,32-,33-,36-,57-/m1/s1. The van der Waals surface area contributed by atoms with Gasteiger partial charge in [0.1, 0.15) is 36.1 Å². The Hall–Kier alpha value is -2.33. The number of ether oxygens (including phenoxy) is 2. The second kappa shape index (κ2) is 19.6. The van der Waals surface area contributed by atoms with Gasteiger partial charge in [0, 0.05) is 30.8 Å². The van der Waals surface area contributed by atoms with Gasteiger partial charge >= 0.3 is 32.1 Å². The fourth-order valence-corrected chi connectivity index (χ4v) is 22.3. The second-order valence-corrected chi connectivity index (χ2v) is 29.0. The van der Waals surface area contributed by atoms with Gasteiger partial charge in [0.2, 0.25) is 5.88 Å². The van der Waals surface area contributed by atoms with Gasteiger partial charge in [-0.15, -0.1) is 0 Å². The van der Waals surface area contributed by atoms with Crippen molar-refractivity contribution in [2.75, 3.05) is 19.8 Å². The molecule has 3 aliphatic rings. The third kappa shape index (κ3) is 9.90. The molecule has 0 amide bonds. The topological polar surface area (TPSA) is 221 Å². The molecule has 0 bridgehead atoms. The minimum Gasteiger partial charge on any atom is -0.474 e. The molecule has 60 heavy (non-hydrogen) atoms. The first kappa shape index (κ1) is 47.2. The van der Waals surface area contributed by atoms with Crippen LogP contribution in [0.3, 0.4) is 0 Å². The molecular formula is C36H55FN6O12P2SSi2. The molecule has 2 saturated heterocycles. The molecule has 3 fully saturated rings. The molecule has 6 rings (SSSR count). The van der Waals surface area contributed by atoms with E-state index in [9.17, 15) is 19.5 Å². The first-order valence-electron chi connectivity index (χ1n) is 20.1. The Bertz CT molecular complexity index is 2100. The average Bonchev–Trinajstić information content (AvgIpc) is 3.82. The van der Waals surface area contributed by atoms with Crippen LogP contribution < -0.4 is 10.3 Å². The molecule has 3 aromatic rings. The van der Waals surface area contributed by atoms with E-state index in [-0.39, 0.29) is 65.9 Å². The maximum atomic E-state index is 15.7. The van der Waals surface area contributed by atoms with Crippen LogP contribution in [-0.2, 0) is 52.2 Å². The van der Waals surface area contributed by atoms with Crippen molar-refractivity contribution in [2.24, 2.45) is 5.92 Å². The highest BCUT2D eigenvalue weighted by molar-refractivity contribution is 8.07. The molecule has 0 aromatic carbocycles. The van der Waals surface area contributed by atoms with Crippen LogP contribution in [0.15, 0.2) is 35.9 Å². The number of hydrogen-bond acceptors (Lipinski definition) is 16. The molecule has 18 nitrogen and oxygen atoms in total. The lowest BCUT2D eigenvalue weighted by atomic mass is 10.1. The van der Waals surface area contributed by atoms with Crippen molar-refractivity contribution in [1.82, 2.24) is 24.5 Å². The van der Waals surface area contributed by atoms with Gasteiger partial charge in [0.05, 0.1) is 44.7 Å². The van der Waals surface area contributed by atoms with Gasteiger partial charge in [-0.2, -0.15) is 5.26 Å². The summed E-state index contributed by atoms with van der Waals surface area (Å²) in [4.78, 5) is 37.5. The number of H-pyrrole nitrogens is 1. The van der Waals surface area contributed by atoms with Crippen LogP contribution in [0.1, 0.15) is 80.9 Å². The van der Waals surface area contributed by atoms with Crippen molar-refractivity contribution in [3.8, 4) is 11.9 Å². The maximum absolute atomic E-state index is 15.7. The molecule has 0 spiro atoms. The predicted molar refractivity (Wildman–Crippen MR) is 225 cm³/mol. The normalized spacial score (nSPS) is 28.1. The Morgan fingerprint density at radius 3 is 2.47 bits per heavy atom. The molecule has 332 valence electrons. The third-order valence-corrected chi connectivity index (χ3v) is 24.4. The molecule has 1 aliphatic carbocycles. The average molecular weight is 933 g/mol. The van der Waals surface area contributed by atoms with Gasteiger partial charge in [-0.25, -0.2) is 19.3 Å². The van der Waals surface area contributed by atoms with Gasteiger partial charge in [-0.05, 0) is 40.4 Å². The summed E-state index contributed by atoms with van der Waals surface area (Å²) in [5.41, 5.74) is -0.790. The number of rotatable bonds is 17. The number of nitrogens with one attached hydrogen (secondary N) is 1. The molecule has 3 aromatic heterocycles. The summed E-state index contributed by atoms with van der Waals surface area (Å²) in [6.07, 6.45) is 0.328. The summed E-state index contributed by atoms with van der Waals surface area (Å²) in [7, 11) is -9.72. The zero-order chi connectivity index (χ0) is 43.6. The molecule has 1 unspecified atom stereocenters. The van der Waals surface area contributed by atoms with Crippen LogP contribution in [0.25, 0.3) is 11.0 Å². The lowest BCUT2D eigenvalue weighted by molar-refractivity contribution is -0.0568. The van der Waals surface area contributed by atoms with Crippen LogP contribution in [0.4, 0.5) is 4.39 Å². The van der Waals surface area contributed by atoms with Crippen LogP contribution in [0, 0.1) is 23.1 Å². The van der Waals surface area contributed by atoms with Crippen molar-refractivity contribution in [2.45, 2.75) is 134 Å². The number of hydrogen-bond donors (Lipinski definition) is 2. The van der Waals surface area contributed by atoms with Gasteiger partial charge in [-0.1, -0.05) is 55.4 Å². The second-order valence-electron chi connectivity index (χ2n) is 16.4. The number of aromatic nitrogens is 5. The molecule has 5 heterocycles. The van der Waals surface area contributed by atoms with Gasteiger partial charge in [0.25, 0.3) is 5.56 Å². The first-order chi connectivity index (χ1) is 28.4. The summed E-state index contributed by atoms with van der Waals surface area (Å²) in [6, 6.07) is 3.64. The van der Waals surface area contributed by atoms with Crippen molar-refractivity contribution < 1.29 is 54.4 Å². The third-order valence-electron chi connectivity index (χ3n) is 11.3. The van der Waals surface area contributed by atoms with E-state index < -0.39 is 86.1 Å².